The number of urea groups is 1. The van der Waals surface area contributed by atoms with Crippen LogP contribution in [0.15, 0.2) is 41.4 Å². The van der Waals surface area contributed by atoms with Crippen LogP contribution in [0, 0.1) is 0 Å². The molecule has 110 valence electrons. The Balaban J connectivity index is 1.95. The molecule has 0 atom stereocenters. The van der Waals surface area contributed by atoms with Gasteiger partial charge in [0.1, 0.15) is 0 Å². The van der Waals surface area contributed by atoms with Crippen LogP contribution in [-0.2, 0) is 6.54 Å². The average Bonchev–Trinajstić information content (AvgIpc) is 2.94. The predicted octanol–water partition coefficient (Wildman–Crippen LogP) is 2.17. The molecule has 0 fully saturated rings. The zero-order valence-corrected chi connectivity index (χ0v) is 12.5. The third kappa shape index (κ3) is 4.06. The quantitative estimate of drug-likeness (QED) is 0.768. The lowest BCUT2D eigenvalue weighted by molar-refractivity contribution is 0.0698. The maximum atomic E-state index is 11.8. The lowest BCUT2D eigenvalue weighted by Gasteiger charge is -2.11. The maximum absolute atomic E-state index is 11.8. The van der Waals surface area contributed by atoms with E-state index in [0.29, 0.717) is 17.6 Å². The first-order valence-corrected chi connectivity index (χ1v) is 6.89. The molecule has 0 saturated heterocycles. The summed E-state index contributed by atoms with van der Waals surface area (Å²) in [6, 6.07) is 4.21. The number of carboxylic acids is 1. The van der Waals surface area contributed by atoms with Gasteiger partial charge in [-0.25, -0.2) is 14.6 Å². The smallest absolute Gasteiger partial charge is 0.337 e. The summed E-state index contributed by atoms with van der Waals surface area (Å²) in [6.45, 7) is 0.976. The molecule has 0 bridgehead atoms. The minimum atomic E-state index is -1.11. The number of carbonyl (C=O) groups is 2. The van der Waals surface area contributed by atoms with Gasteiger partial charge in [-0.05, 0) is 28.1 Å². The van der Waals surface area contributed by atoms with E-state index in [2.05, 4.69) is 31.5 Å². The molecule has 0 aliphatic heterocycles. The monoisotopic (exact) mass is 352 g/mol. The van der Waals surface area contributed by atoms with Crippen molar-refractivity contribution < 1.29 is 14.7 Å². The van der Waals surface area contributed by atoms with E-state index in [1.54, 1.807) is 30.9 Å². The van der Waals surface area contributed by atoms with Gasteiger partial charge in [-0.15, -0.1) is 0 Å². The fraction of sp³-hybridized carbons (Fsp3) is 0.154. The summed E-state index contributed by atoms with van der Waals surface area (Å²) in [6.07, 6.45) is 5.09. The molecule has 1 aromatic heterocycles. The summed E-state index contributed by atoms with van der Waals surface area (Å²) in [5.41, 5.74) is 0.249. The molecule has 0 aliphatic carbocycles. The molecule has 2 aromatic rings. The Kier molecular flexibility index (Phi) is 4.94. The first kappa shape index (κ1) is 15.0. The first-order chi connectivity index (χ1) is 10.1. The molecule has 2 amide bonds. The Bertz CT molecular complexity index is 643. The highest BCUT2D eigenvalue weighted by atomic mass is 79.9. The molecule has 1 heterocycles. The number of hydrogen-bond acceptors (Lipinski definition) is 3. The van der Waals surface area contributed by atoms with Crippen molar-refractivity contribution in [2.45, 2.75) is 6.54 Å². The van der Waals surface area contributed by atoms with Crippen LogP contribution in [0.3, 0.4) is 0 Å². The summed E-state index contributed by atoms with van der Waals surface area (Å²) in [4.78, 5) is 26.8. The second kappa shape index (κ2) is 6.89. The lowest BCUT2D eigenvalue weighted by Crippen LogP contribution is -2.32. The maximum Gasteiger partial charge on any atom is 0.337 e. The van der Waals surface area contributed by atoms with Gasteiger partial charge in [0.2, 0.25) is 0 Å². The normalized spacial score (nSPS) is 10.1. The van der Waals surface area contributed by atoms with Gasteiger partial charge in [0.25, 0.3) is 0 Å². The third-order valence-corrected chi connectivity index (χ3v) is 3.36. The molecular formula is C13H13BrN4O3. The van der Waals surface area contributed by atoms with Crippen LogP contribution in [0.1, 0.15) is 10.4 Å². The number of amides is 2. The van der Waals surface area contributed by atoms with Crippen LogP contribution in [-0.4, -0.2) is 33.2 Å². The minimum Gasteiger partial charge on any atom is -0.478 e. The van der Waals surface area contributed by atoms with E-state index < -0.39 is 12.0 Å². The van der Waals surface area contributed by atoms with Gasteiger partial charge >= 0.3 is 12.0 Å². The number of aromatic nitrogens is 2. The zero-order valence-electron chi connectivity index (χ0n) is 10.9. The van der Waals surface area contributed by atoms with Crippen molar-refractivity contribution in [1.82, 2.24) is 14.9 Å². The van der Waals surface area contributed by atoms with E-state index in [-0.39, 0.29) is 11.3 Å². The van der Waals surface area contributed by atoms with Crippen LogP contribution in [0.2, 0.25) is 0 Å². The summed E-state index contributed by atoms with van der Waals surface area (Å²) in [7, 11) is 0. The Morgan fingerprint density at radius 3 is 2.86 bits per heavy atom. The van der Waals surface area contributed by atoms with Crippen molar-refractivity contribution in [2.24, 2.45) is 0 Å². The Morgan fingerprint density at radius 1 is 1.38 bits per heavy atom. The zero-order chi connectivity index (χ0) is 15.2. The average molecular weight is 353 g/mol. The molecule has 1 aromatic carbocycles. The fourth-order valence-corrected chi connectivity index (χ4v) is 2.17. The molecular weight excluding hydrogens is 340 g/mol. The van der Waals surface area contributed by atoms with Crippen molar-refractivity contribution in [3.8, 4) is 0 Å². The fourth-order valence-electron chi connectivity index (χ4n) is 1.70. The van der Waals surface area contributed by atoms with Crippen molar-refractivity contribution in [2.75, 3.05) is 11.9 Å². The van der Waals surface area contributed by atoms with Crippen LogP contribution >= 0.6 is 15.9 Å². The largest absolute Gasteiger partial charge is 0.478 e. The SMILES string of the molecule is O=C(NCCn1ccnc1)Nc1c(Br)cccc1C(=O)O. The Morgan fingerprint density at radius 2 is 2.19 bits per heavy atom. The van der Waals surface area contributed by atoms with Gasteiger partial charge in [-0.3, -0.25) is 0 Å². The molecule has 21 heavy (non-hydrogen) atoms. The summed E-state index contributed by atoms with van der Waals surface area (Å²) >= 11 is 3.23. The summed E-state index contributed by atoms with van der Waals surface area (Å²) in [5, 5.41) is 14.3. The van der Waals surface area contributed by atoms with Crippen molar-refractivity contribution in [3.05, 3.63) is 47.0 Å². The highest BCUT2D eigenvalue weighted by Crippen LogP contribution is 2.26. The number of hydrogen-bond donors (Lipinski definition) is 3. The van der Waals surface area contributed by atoms with E-state index in [1.807, 2.05) is 4.57 Å². The van der Waals surface area contributed by atoms with Gasteiger partial charge in [0.15, 0.2) is 0 Å². The molecule has 0 aliphatic rings. The van der Waals surface area contributed by atoms with E-state index in [4.69, 9.17) is 5.11 Å². The molecule has 8 heteroatoms. The van der Waals surface area contributed by atoms with Crippen LogP contribution < -0.4 is 10.6 Å². The predicted molar refractivity (Wildman–Crippen MR) is 80.3 cm³/mol. The molecule has 0 unspecified atom stereocenters. The highest BCUT2D eigenvalue weighted by Gasteiger charge is 2.14. The lowest BCUT2D eigenvalue weighted by atomic mass is 10.2. The minimum absolute atomic E-state index is 0.0223. The van der Waals surface area contributed by atoms with Gasteiger partial charge in [-0.1, -0.05) is 6.07 Å². The van der Waals surface area contributed by atoms with Gasteiger partial charge in [0, 0.05) is 30.0 Å². The number of carboxylic acid groups (broad SMARTS) is 1. The Hall–Kier alpha value is -2.35. The molecule has 0 saturated carbocycles. The number of anilines is 1. The molecule has 2 rings (SSSR count). The van der Waals surface area contributed by atoms with Gasteiger partial charge < -0.3 is 20.3 Å². The second-order valence-electron chi connectivity index (χ2n) is 4.15. The molecule has 3 N–H and O–H groups in total. The van der Waals surface area contributed by atoms with Crippen molar-refractivity contribution >= 4 is 33.6 Å². The number of nitrogens with zero attached hydrogens (tertiary/aromatic N) is 2. The molecule has 0 spiro atoms. The number of rotatable bonds is 5. The number of aromatic carboxylic acids is 1. The standard InChI is InChI=1S/C13H13BrN4O3/c14-10-3-1-2-9(12(19)20)11(10)17-13(21)16-5-7-18-6-4-15-8-18/h1-4,6,8H,5,7H2,(H,19,20)(H2,16,17,21). The van der Waals surface area contributed by atoms with Crippen LogP contribution in [0.25, 0.3) is 0 Å². The molecule has 0 radical (unpaired) electrons. The topological polar surface area (TPSA) is 96.3 Å². The number of imidazole rings is 1. The number of para-hydroxylation sites is 1. The Labute approximate surface area is 129 Å². The van der Waals surface area contributed by atoms with E-state index in [9.17, 15) is 9.59 Å². The third-order valence-electron chi connectivity index (χ3n) is 2.70. The number of benzene rings is 1. The highest BCUT2D eigenvalue weighted by molar-refractivity contribution is 9.10. The van der Waals surface area contributed by atoms with Crippen molar-refractivity contribution in [1.29, 1.82) is 0 Å². The van der Waals surface area contributed by atoms with Crippen LogP contribution in [0.4, 0.5) is 10.5 Å². The molecule has 7 nitrogen and oxygen atoms in total. The summed E-state index contributed by atoms with van der Waals surface area (Å²) in [5.74, 6) is -1.11. The second-order valence-corrected chi connectivity index (χ2v) is 5.00. The number of halogens is 1. The van der Waals surface area contributed by atoms with E-state index >= 15 is 0 Å². The number of carbonyl (C=O) groups excluding carboxylic acids is 1. The van der Waals surface area contributed by atoms with Crippen molar-refractivity contribution in [3.63, 3.8) is 0 Å². The number of nitrogens with one attached hydrogen (secondary N) is 2. The van der Waals surface area contributed by atoms with Gasteiger partial charge in [0.05, 0.1) is 17.6 Å². The summed E-state index contributed by atoms with van der Waals surface area (Å²) < 4.78 is 2.33. The first-order valence-electron chi connectivity index (χ1n) is 6.10. The van der Waals surface area contributed by atoms with E-state index in [1.165, 1.54) is 6.07 Å². The van der Waals surface area contributed by atoms with E-state index in [0.717, 1.165) is 0 Å². The van der Waals surface area contributed by atoms with Crippen LogP contribution in [0.5, 0.6) is 0 Å². The van der Waals surface area contributed by atoms with Gasteiger partial charge in [-0.2, -0.15) is 0 Å².